The molecule has 0 spiro atoms. The lowest BCUT2D eigenvalue weighted by atomic mass is 10.2. The van der Waals surface area contributed by atoms with Gasteiger partial charge in [0.15, 0.2) is 10.9 Å². The predicted octanol–water partition coefficient (Wildman–Crippen LogP) is 5.68. The summed E-state index contributed by atoms with van der Waals surface area (Å²) in [6, 6.07) is 14.6. The Labute approximate surface area is 201 Å². The van der Waals surface area contributed by atoms with Crippen molar-refractivity contribution < 1.29 is 9.53 Å². The summed E-state index contributed by atoms with van der Waals surface area (Å²) < 4.78 is 7.82. The molecular formula is C24H19BrN2O3S2. The lowest BCUT2D eigenvalue weighted by Crippen LogP contribution is -2.22. The fourth-order valence-electron chi connectivity index (χ4n) is 3.93. The Morgan fingerprint density at radius 3 is 2.62 bits per heavy atom. The normalized spacial score (nSPS) is 12.8. The first kappa shape index (κ1) is 21.4. The molecule has 0 N–H and O–H groups in total. The molecule has 32 heavy (non-hydrogen) atoms. The van der Waals surface area contributed by atoms with Crippen molar-refractivity contribution in [2.75, 3.05) is 12.9 Å². The van der Waals surface area contributed by atoms with E-state index in [4.69, 9.17) is 9.72 Å². The number of halogens is 1. The van der Waals surface area contributed by atoms with Crippen molar-refractivity contribution in [1.82, 2.24) is 9.55 Å². The third-order valence-corrected chi connectivity index (χ3v) is 8.19. The SMILES string of the molecule is COc1ccc(-n2c(SCC(=O)c3ccc(Br)cc3)nc3sc4c(c3c2=O)CCC4)cc1. The maximum Gasteiger partial charge on any atom is 0.267 e. The van der Waals surface area contributed by atoms with Crippen LogP contribution in [-0.4, -0.2) is 28.2 Å². The zero-order valence-electron chi connectivity index (χ0n) is 17.3. The van der Waals surface area contributed by atoms with E-state index in [2.05, 4.69) is 15.9 Å². The van der Waals surface area contributed by atoms with E-state index < -0.39 is 0 Å². The number of thioether (sulfide) groups is 1. The van der Waals surface area contributed by atoms with Crippen molar-refractivity contribution in [3.05, 3.63) is 79.4 Å². The maximum atomic E-state index is 13.7. The van der Waals surface area contributed by atoms with E-state index in [0.29, 0.717) is 22.2 Å². The molecule has 2 heterocycles. The lowest BCUT2D eigenvalue weighted by Gasteiger charge is -2.13. The first-order valence-electron chi connectivity index (χ1n) is 10.2. The highest BCUT2D eigenvalue weighted by Crippen LogP contribution is 2.36. The number of ketones is 1. The number of fused-ring (bicyclic) bond motifs is 3. The molecule has 0 aliphatic heterocycles. The monoisotopic (exact) mass is 526 g/mol. The summed E-state index contributed by atoms with van der Waals surface area (Å²) in [7, 11) is 1.61. The quantitative estimate of drug-likeness (QED) is 0.183. The standard InChI is InChI=1S/C24H19BrN2O3S2/c1-30-17-11-9-16(10-12-17)27-23(29)21-18-3-2-4-20(18)32-22(21)26-24(27)31-13-19(28)14-5-7-15(25)8-6-14/h5-12H,2-4,13H2,1H3. The van der Waals surface area contributed by atoms with Gasteiger partial charge in [0.1, 0.15) is 10.6 Å². The number of aromatic nitrogens is 2. The Morgan fingerprint density at radius 1 is 1.16 bits per heavy atom. The van der Waals surface area contributed by atoms with Crippen LogP contribution in [0.5, 0.6) is 5.75 Å². The summed E-state index contributed by atoms with van der Waals surface area (Å²) in [6.07, 6.45) is 3.00. The van der Waals surface area contributed by atoms with Gasteiger partial charge in [-0.05, 0) is 61.2 Å². The zero-order chi connectivity index (χ0) is 22.2. The molecule has 1 aliphatic rings. The zero-order valence-corrected chi connectivity index (χ0v) is 20.5. The Bertz CT molecular complexity index is 1380. The van der Waals surface area contributed by atoms with Crippen molar-refractivity contribution in [1.29, 1.82) is 0 Å². The van der Waals surface area contributed by atoms with Crippen LogP contribution >= 0.6 is 39.0 Å². The predicted molar refractivity (Wildman–Crippen MR) is 133 cm³/mol. The van der Waals surface area contributed by atoms with Crippen molar-refractivity contribution >= 4 is 55.0 Å². The van der Waals surface area contributed by atoms with E-state index in [1.807, 2.05) is 36.4 Å². The molecular weight excluding hydrogens is 508 g/mol. The van der Waals surface area contributed by atoms with Crippen molar-refractivity contribution in [3.63, 3.8) is 0 Å². The smallest absolute Gasteiger partial charge is 0.267 e. The van der Waals surface area contributed by atoms with Crippen molar-refractivity contribution in [2.45, 2.75) is 24.4 Å². The molecule has 0 amide bonds. The van der Waals surface area contributed by atoms with Crippen LogP contribution in [0.15, 0.2) is 63.0 Å². The number of methoxy groups -OCH3 is 1. The van der Waals surface area contributed by atoms with Gasteiger partial charge in [-0.3, -0.25) is 14.2 Å². The van der Waals surface area contributed by atoms with Gasteiger partial charge >= 0.3 is 0 Å². The fraction of sp³-hybridized carbons (Fsp3) is 0.208. The van der Waals surface area contributed by atoms with Crippen molar-refractivity contribution in [2.24, 2.45) is 0 Å². The van der Waals surface area contributed by atoms with Gasteiger partial charge in [-0.2, -0.15) is 0 Å². The molecule has 2 aromatic carbocycles. The molecule has 0 radical (unpaired) electrons. The number of benzene rings is 2. The summed E-state index contributed by atoms with van der Waals surface area (Å²) in [5, 5.41) is 1.25. The summed E-state index contributed by atoms with van der Waals surface area (Å²) in [5.41, 5.74) is 2.42. The number of hydrogen-bond donors (Lipinski definition) is 0. The third-order valence-electron chi connectivity index (χ3n) is 5.54. The number of ether oxygens (including phenoxy) is 1. The van der Waals surface area contributed by atoms with E-state index in [1.165, 1.54) is 16.6 Å². The number of aryl methyl sites for hydroxylation is 2. The van der Waals surface area contributed by atoms with E-state index in [-0.39, 0.29) is 17.1 Å². The molecule has 5 rings (SSSR count). The highest BCUT2D eigenvalue weighted by molar-refractivity contribution is 9.10. The molecule has 0 saturated heterocycles. The topological polar surface area (TPSA) is 61.2 Å². The van der Waals surface area contributed by atoms with Gasteiger partial charge in [-0.15, -0.1) is 11.3 Å². The minimum atomic E-state index is -0.0712. The summed E-state index contributed by atoms with van der Waals surface area (Å²) in [6.45, 7) is 0. The van der Waals surface area contributed by atoms with Crippen LogP contribution in [0.2, 0.25) is 0 Å². The third kappa shape index (κ3) is 3.91. The van der Waals surface area contributed by atoms with Gasteiger partial charge in [0.2, 0.25) is 0 Å². The first-order chi connectivity index (χ1) is 15.5. The molecule has 162 valence electrons. The fourth-order valence-corrected chi connectivity index (χ4v) is 6.40. The average Bonchev–Trinajstić information content (AvgIpc) is 3.39. The largest absolute Gasteiger partial charge is 0.497 e. The second kappa shape index (κ2) is 8.84. The van der Waals surface area contributed by atoms with Gasteiger partial charge in [-0.25, -0.2) is 4.98 Å². The van der Waals surface area contributed by atoms with E-state index in [9.17, 15) is 9.59 Å². The number of carbonyl (C=O) groups excluding carboxylic acids is 1. The Kier molecular flexibility index (Phi) is 5.92. The van der Waals surface area contributed by atoms with Crippen LogP contribution in [0.1, 0.15) is 27.2 Å². The molecule has 0 saturated carbocycles. The maximum absolute atomic E-state index is 13.7. The number of nitrogens with zero attached hydrogens (tertiary/aromatic N) is 2. The van der Waals surface area contributed by atoms with Gasteiger partial charge in [0.05, 0.1) is 23.9 Å². The Morgan fingerprint density at radius 2 is 1.91 bits per heavy atom. The van der Waals surface area contributed by atoms with Gasteiger partial charge in [-0.1, -0.05) is 39.8 Å². The number of thiophene rings is 1. The summed E-state index contributed by atoms with van der Waals surface area (Å²) in [4.78, 5) is 33.3. The van der Waals surface area contributed by atoms with Gasteiger partial charge in [0.25, 0.3) is 5.56 Å². The molecule has 2 aromatic heterocycles. The highest BCUT2D eigenvalue weighted by atomic mass is 79.9. The number of carbonyl (C=O) groups is 1. The van der Waals surface area contributed by atoms with E-state index >= 15 is 0 Å². The van der Waals surface area contributed by atoms with Crippen LogP contribution in [0, 0.1) is 0 Å². The molecule has 1 aliphatic carbocycles. The van der Waals surface area contributed by atoms with Crippen molar-refractivity contribution in [3.8, 4) is 11.4 Å². The van der Waals surface area contributed by atoms with Crippen LogP contribution in [0.3, 0.4) is 0 Å². The molecule has 0 unspecified atom stereocenters. The average molecular weight is 527 g/mol. The lowest BCUT2D eigenvalue weighted by molar-refractivity contribution is 0.102. The number of hydrogen-bond acceptors (Lipinski definition) is 6. The van der Waals surface area contributed by atoms with Crippen LogP contribution in [0.25, 0.3) is 15.9 Å². The van der Waals surface area contributed by atoms with E-state index in [1.54, 1.807) is 35.1 Å². The number of Topliss-reactive ketones (excluding diaryl/α,β-unsaturated/α-hetero) is 1. The molecule has 0 atom stereocenters. The second-order valence-corrected chi connectivity index (χ2v) is 10.4. The molecule has 8 heteroatoms. The Balaban J connectivity index is 1.57. The van der Waals surface area contributed by atoms with Crippen LogP contribution in [0.4, 0.5) is 0 Å². The van der Waals surface area contributed by atoms with Gasteiger partial charge in [0, 0.05) is 14.9 Å². The highest BCUT2D eigenvalue weighted by Gasteiger charge is 2.24. The summed E-state index contributed by atoms with van der Waals surface area (Å²) in [5.74, 6) is 0.902. The molecule has 4 aromatic rings. The second-order valence-electron chi connectivity index (χ2n) is 7.49. The minimum absolute atomic E-state index is 0.00759. The van der Waals surface area contributed by atoms with Gasteiger partial charge < -0.3 is 4.74 Å². The Hall–Kier alpha value is -2.42. The molecule has 0 fully saturated rings. The molecule has 5 nitrogen and oxygen atoms in total. The minimum Gasteiger partial charge on any atom is -0.497 e. The van der Waals surface area contributed by atoms with Crippen LogP contribution in [-0.2, 0) is 12.8 Å². The van der Waals surface area contributed by atoms with Crippen LogP contribution < -0.4 is 10.3 Å². The summed E-state index contributed by atoms with van der Waals surface area (Å²) >= 11 is 6.30. The van der Waals surface area contributed by atoms with E-state index in [0.717, 1.165) is 39.5 Å². The number of rotatable bonds is 6. The molecule has 0 bridgehead atoms. The first-order valence-corrected chi connectivity index (χ1v) is 12.8.